The molecule has 0 aliphatic rings. The maximum Gasteiger partial charge on any atom is 0.288 e. The van der Waals surface area contributed by atoms with Gasteiger partial charge in [0.2, 0.25) is 5.91 Å². The van der Waals surface area contributed by atoms with Gasteiger partial charge < -0.3 is 5.32 Å². The molecule has 0 saturated carbocycles. The number of hydrogen-bond donors (Lipinski definition) is 1. The van der Waals surface area contributed by atoms with Gasteiger partial charge in [-0.15, -0.1) is 0 Å². The van der Waals surface area contributed by atoms with Gasteiger partial charge in [0.15, 0.2) is 0 Å². The van der Waals surface area contributed by atoms with E-state index in [4.69, 9.17) is 0 Å². The number of nitrogens with zero attached hydrogens (tertiary/aromatic N) is 1. The molecule has 2 rings (SSSR count). The van der Waals surface area contributed by atoms with Crippen LogP contribution in [0.1, 0.15) is 5.69 Å². The third-order valence-corrected chi connectivity index (χ3v) is 3.16. The van der Waals surface area contributed by atoms with Crippen molar-refractivity contribution in [3.63, 3.8) is 0 Å². The molecule has 1 N–H and O–H groups in total. The maximum atomic E-state index is 12.2. The zero-order valence-corrected chi connectivity index (χ0v) is 11.7. The van der Waals surface area contributed by atoms with E-state index in [1.165, 1.54) is 18.2 Å². The highest BCUT2D eigenvalue weighted by molar-refractivity contribution is 7.99. The van der Waals surface area contributed by atoms with E-state index in [-0.39, 0.29) is 5.91 Å². The van der Waals surface area contributed by atoms with Gasteiger partial charge in [0.25, 0.3) is 5.76 Å². The second-order valence-electron chi connectivity index (χ2n) is 3.98. The number of hydrogen-bond acceptors (Lipinski definition) is 3. The summed E-state index contributed by atoms with van der Waals surface area (Å²) in [6, 6.07) is 11.6. The Balaban J connectivity index is 1.92. The van der Waals surface area contributed by atoms with E-state index in [2.05, 4.69) is 10.3 Å². The number of benzene rings is 1. The molecule has 0 radical (unpaired) electrons. The third-order valence-electron chi connectivity index (χ3n) is 2.44. The predicted molar refractivity (Wildman–Crippen MR) is 80.2 cm³/mol. The molecule has 1 aromatic carbocycles. The van der Waals surface area contributed by atoms with Gasteiger partial charge in [0.1, 0.15) is 0 Å². The van der Waals surface area contributed by atoms with Crippen molar-refractivity contribution in [2.45, 2.75) is 10.7 Å². The van der Waals surface area contributed by atoms with Gasteiger partial charge in [0.05, 0.1) is 5.69 Å². The van der Waals surface area contributed by atoms with Gasteiger partial charge in [-0.05, 0) is 42.5 Å². The maximum absolute atomic E-state index is 12.2. The number of alkyl halides is 2. The van der Waals surface area contributed by atoms with Gasteiger partial charge >= 0.3 is 0 Å². The van der Waals surface area contributed by atoms with Crippen LogP contribution in [-0.4, -0.2) is 16.6 Å². The number of halogens is 2. The highest BCUT2D eigenvalue weighted by Gasteiger charge is 2.05. The first-order chi connectivity index (χ1) is 10.1. The van der Waals surface area contributed by atoms with Gasteiger partial charge in [-0.3, -0.25) is 9.78 Å². The van der Waals surface area contributed by atoms with Crippen molar-refractivity contribution in [2.75, 3.05) is 5.32 Å². The quantitative estimate of drug-likeness (QED) is 0.669. The Bertz CT molecular complexity index is 615. The largest absolute Gasteiger partial charge is 0.323 e. The highest BCUT2D eigenvalue weighted by atomic mass is 32.2. The molecule has 0 fully saturated rings. The molecule has 0 spiro atoms. The molecule has 0 saturated heterocycles. The number of anilines is 1. The third kappa shape index (κ3) is 5.35. The summed E-state index contributed by atoms with van der Waals surface area (Å²) in [6.07, 6.45) is 4.59. The Labute approximate surface area is 125 Å². The Morgan fingerprint density at radius 1 is 1.19 bits per heavy atom. The zero-order valence-electron chi connectivity index (χ0n) is 10.9. The molecule has 1 amide bonds. The summed E-state index contributed by atoms with van der Waals surface area (Å²) in [5.74, 6) is -2.76. The second kappa shape index (κ2) is 7.54. The van der Waals surface area contributed by atoms with Crippen LogP contribution in [-0.2, 0) is 4.79 Å². The van der Waals surface area contributed by atoms with E-state index in [0.29, 0.717) is 28.0 Å². The number of carbonyl (C=O) groups excluding carboxylic acids is 1. The fraction of sp³-hybridized carbons (Fsp3) is 0.0667. The number of amides is 1. The number of carbonyl (C=O) groups is 1. The van der Waals surface area contributed by atoms with E-state index in [1.807, 2.05) is 6.07 Å². The summed E-state index contributed by atoms with van der Waals surface area (Å²) in [5, 5.41) is 2.64. The van der Waals surface area contributed by atoms with Crippen LogP contribution in [0.25, 0.3) is 6.08 Å². The molecule has 0 aliphatic carbocycles. The van der Waals surface area contributed by atoms with Crippen molar-refractivity contribution < 1.29 is 13.6 Å². The Morgan fingerprint density at radius 3 is 2.57 bits per heavy atom. The van der Waals surface area contributed by atoms with Crippen molar-refractivity contribution in [1.29, 1.82) is 0 Å². The van der Waals surface area contributed by atoms with Crippen LogP contribution in [0.3, 0.4) is 0 Å². The van der Waals surface area contributed by atoms with Crippen LogP contribution in [0.4, 0.5) is 14.5 Å². The molecule has 0 aliphatic heterocycles. The fourth-order valence-corrected chi connectivity index (χ4v) is 2.04. The summed E-state index contributed by atoms with van der Waals surface area (Å²) in [7, 11) is 0. The zero-order chi connectivity index (χ0) is 15.1. The number of nitrogens with one attached hydrogen (secondary N) is 1. The van der Waals surface area contributed by atoms with Crippen LogP contribution < -0.4 is 5.32 Å². The van der Waals surface area contributed by atoms with E-state index in [9.17, 15) is 13.6 Å². The molecule has 108 valence electrons. The fourth-order valence-electron chi connectivity index (χ4n) is 1.54. The SMILES string of the molecule is O=C(C=Cc1ccccn1)Nc1ccc(SC(F)F)cc1. The summed E-state index contributed by atoms with van der Waals surface area (Å²) in [5.41, 5.74) is 1.22. The smallest absolute Gasteiger partial charge is 0.288 e. The summed E-state index contributed by atoms with van der Waals surface area (Å²) < 4.78 is 24.3. The van der Waals surface area contributed by atoms with Crippen LogP contribution in [0.2, 0.25) is 0 Å². The lowest BCUT2D eigenvalue weighted by Crippen LogP contribution is -2.07. The number of rotatable bonds is 5. The minimum absolute atomic E-state index is 0.310. The molecular weight excluding hydrogens is 294 g/mol. The predicted octanol–water partition coefficient (Wildman–Crippen LogP) is 4.05. The molecule has 1 heterocycles. The summed E-state index contributed by atoms with van der Waals surface area (Å²) >= 11 is 0.465. The monoisotopic (exact) mass is 306 g/mol. The van der Waals surface area contributed by atoms with Gasteiger partial charge in [0, 0.05) is 22.9 Å². The Hall–Kier alpha value is -2.21. The van der Waals surface area contributed by atoms with Crippen molar-refractivity contribution >= 4 is 29.4 Å². The molecule has 3 nitrogen and oxygen atoms in total. The standard InChI is InChI=1S/C15H12F2N2OS/c16-15(17)21-13-7-4-12(5-8-13)19-14(20)9-6-11-3-1-2-10-18-11/h1-10,15H,(H,19,20). The first-order valence-corrected chi connectivity index (χ1v) is 6.96. The minimum atomic E-state index is -2.45. The Morgan fingerprint density at radius 2 is 1.95 bits per heavy atom. The first kappa shape index (κ1) is 15.2. The van der Waals surface area contributed by atoms with Crippen LogP contribution in [0, 0.1) is 0 Å². The average Bonchev–Trinajstić information content (AvgIpc) is 2.48. The van der Waals surface area contributed by atoms with Crippen molar-refractivity contribution in [3.05, 3.63) is 60.4 Å². The molecule has 0 bridgehead atoms. The molecule has 1 aromatic heterocycles. The normalized spacial score (nSPS) is 11.0. The van der Waals surface area contributed by atoms with Gasteiger partial charge in [-0.25, -0.2) is 0 Å². The summed E-state index contributed by atoms with van der Waals surface area (Å²) in [4.78, 5) is 16.2. The number of aromatic nitrogens is 1. The number of thioether (sulfide) groups is 1. The average molecular weight is 306 g/mol. The minimum Gasteiger partial charge on any atom is -0.323 e. The molecule has 0 unspecified atom stereocenters. The lowest BCUT2D eigenvalue weighted by molar-refractivity contribution is -0.111. The van der Waals surface area contributed by atoms with Crippen LogP contribution >= 0.6 is 11.8 Å². The number of pyridine rings is 1. The van der Waals surface area contributed by atoms with Gasteiger partial charge in [-0.1, -0.05) is 17.8 Å². The van der Waals surface area contributed by atoms with E-state index in [0.717, 1.165) is 0 Å². The Kier molecular flexibility index (Phi) is 5.45. The molecule has 6 heteroatoms. The highest BCUT2D eigenvalue weighted by Crippen LogP contribution is 2.26. The van der Waals surface area contributed by atoms with Crippen LogP contribution in [0.15, 0.2) is 59.6 Å². The molecule has 21 heavy (non-hydrogen) atoms. The second-order valence-corrected chi connectivity index (χ2v) is 5.04. The van der Waals surface area contributed by atoms with Crippen LogP contribution in [0.5, 0.6) is 0 Å². The summed E-state index contributed by atoms with van der Waals surface area (Å²) in [6.45, 7) is 0. The van der Waals surface area contributed by atoms with E-state index >= 15 is 0 Å². The lowest BCUT2D eigenvalue weighted by Gasteiger charge is -2.04. The lowest BCUT2D eigenvalue weighted by atomic mass is 10.3. The van der Waals surface area contributed by atoms with Crippen molar-refractivity contribution in [1.82, 2.24) is 4.98 Å². The van der Waals surface area contributed by atoms with Crippen molar-refractivity contribution in [2.24, 2.45) is 0 Å². The van der Waals surface area contributed by atoms with E-state index < -0.39 is 5.76 Å². The molecule has 0 atom stereocenters. The molecule has 2 aromatic rings. The first-order valence-electron chi connectivity index (χ1n) is 6.08. The van der Waals surface area contributed by atoms with Gasteiger partial charge in [-0.2, -0.15) is 8.78 Å². The topological polar surface area (TPSA) is 42.0 Å². The molecular formula is C15H12F2N2OS. The van der Waals surface area contributed by atoms with E-state index in [1.54, 1.807) is 36.5 Å². The van der Waals surface area contributed by atoms with Crippen molar-refractivity contribution in [3.8, 4) is 0 Å².